The minimum atomic E-state index is -0.0138. The summed E-state index contributed by atoms with van der Waals surface area (Å²) in [6, 6.07) is 3.49. The smallest absolute Gasteiger partial charge is 0.224 e. The Kier molecular flexibility index (Phi) is 3.93. The highest BCUT2D eigenvalue weighted by molar-refractivity contribution is 5.96. The lowest BCUT2D eigenvalue weighted by Crippen LogP contribution is -2.22. The van der Waals surface area contributed by atoms with Crippen LogP contribution in [0, 0.1) is 11.3 Å². The van der Waals surface area contributed by atoms with E-state index in [-0.39, 0.29) is 5.84 Å². The maximum atomic E-state index is 7.44. The Morgan fingerprint density at radius 1 is 1.53 bits per heavy atom. The molecule has 1 aliphatic rings. The third-order valence-electron chi connectivity index (χ3n) is 2.86. The van der Waals surface area contributed by atoms with Gasteiger partial charge in [-0.3, -0.25) is 5.41 Å². The summed E-state index contributed by atoms with van der Waals surface area (Å²) in [4.78, 5) is 4.11. The summed E-state index contributed by atoms with van der Waals surface area (Å²) in [7, 11) is 0. The van der Waals surface area contributed by atoms with Crippen molar-refractivity contribution in [2.45, 2.75) is 12.8 Å². The predicted molar refractivity (Wildman–Crippen MR) is 64.3 cm³/mol. The van der Waals surface area contributed by atoms with Crippen LogP contribution in [0.2, 0.25) is 0 Å². The topological polar surface area (TPSA) is 81.2 Å². The summed E-state index contributed by atoms with van der Waals surface area (Å²) in [6.45, 7) is 2.21. The number of nitrogens with zero attached hydrogens (tertiary/aromatic N) is 1. The van der Waals surface area contributed by atoms with E-state index in [1.54, 1.807) is 18.3 Å². The fourth-order valence-electron chi connectivity index (χ4n) is 1.82. The van der Waals surface area contributed by atoms with E-state index in [2.05, 4.69) is 4.98 Å². The van der Waals surface area contributed by atoms with E-state index < -0.39 is 0 Å². The maximum absolute atomic E-state index is 7.44. The van der Waals surface area contributed by atoms with Gasteiger partial charge < -0.3 is 15.2 Å². The Labute approximate surface area is 100 Å². The summed E-state index contributed by atoms with van der Waals surface area (Å²) >= 11 is 0. The van der Waals surface area contributed by atoms with Crippen LogP contribution in [0.1, 0.15) is 18.4 Å². The molecule has 0 atom stereocenters. The first-order valence-corrected chi connectivity index (χ1v) is 5.77. The number of nitrogens with two attached hydrogens (primary N) is 1. The normalized spacial score (nSPS) is 16.7. The Morgan fingerprint density at radius 3 is 3.00 bits per heavy atom. The lowest BCUT2D eigenvalue weighted by atomic mass is 10.0. The van der Waals surface area contributed by atoms with Gasteiger partial charge in [0.05, 0.1) is 12.2 Å². The van der Waals surface area contributed by atoms with Crippen molar-refractivity contribution in [3.63, 3.8) is 0 Å². The van der Waals surface area contributed by atoms with Crippen molar-refractivity contribution in [3.05, 3.63) is 23.9 Å². The molecule has 0 unspecified atom stereocenters. The lowest BCUT2D eigenvalue weighted by molar-refractivity contribution is 0.0490. The number of pyridine rings is 1. The van der Waals surface area contributed by atoms with Crippen LogP contribution in [0.25, 0.3) is 0 Å². The summed E-state index contributed by atoms with van der Waals surface area (Å²) in [6.07, 6.45) is 3.68. The molecule has 1 aliphatic heterocycles. The second-order valence-electron chi connectivity index (χ2n) is 4.14. The molecule has 5 nitrogen and oxygen atoms in total. The van der Waals surface area contributed by atoms with Crippen LogP contribution >= 0.6 is 0 Å². The molecule has 0 amide bonds. The second-order valence-corrected chi connectivity index (χ2v) is 4.14. The van der Waals surface area contributed by atoms with E-state index in [9.17, 15) is 0 Å². The number of hydrogen-bond donors (Lipinski definition) is 2. The first-order chi connectivity index (χ1) is 8.27. The molecule has 0 spiro atoms. The monoisotopic (exact) mass is 235 g/mol. The van der Waals surface area contributed by atoms with Crippen LogP contribution in [-0.4, -0.2) is 30.6 Å². The van der Waals surface area contributed by atoms with Crippen LogP contribution < -0.4 is 10.5 Å². The number of rotatable bonds is 4. The molecule has 1 fully saturated rings. The molecule has 0 saturated carbocycles. The largest absolute Gasteiger partial charge is 0.477 e. The van der Waals surface area contributed by atoms with Gasteiger partial charge in [-0.1, -0.05) is 0 Å². The van der Waals surface area contributed by atoms with Crippen molar-refractivity contribution in [1.29, 1.82) is 5.41 Å². The lowest BCUT2D eigenvalue weighted by Gasteiger charge is -2.22. The first kappa shape index (κ1) is 11.9. The molecular weight excluding hydrogens is 218 g/mol. The number of amidine groups is 1. The van der Waals surface area contributed by atoms with Gasteiger partial charge in [0.1, 0.15) is 5.84 Å². The van der Waals surface area contributed by atoms with E-state index in [1.165, 1.54) is 0 Å². The van der Waals surface area contributed by atoms with Gasteiger partial charge in [0.2, 0.25) is 5.88 Å². The molecule has 2 heterocycles. The third kappa shape index (κ3) is 3.17. The molecule has 0 aliphatic carbocycles. The third-order valence-corrected chi connectivity index (χ3v) is 2.86. The quantitative estimate of drug-likeness (QED) is 0.606. The fourth-order valence-corrected chi connectivity index (χ4v) is 1.82. The van der Waals surface area contributed by atoms with Crippen molar-refractivity contribution in [3.8, 4) is 5.88 Å². The van der Waals surface area contributed by atoms with Crippen LogP contribution in [0.4, 0.5) is 0 Å². The minimum Gasteiger partial charge on any atom is -0.477 e. The zero-order valence-corrected chi connectivity index (χ0v) is 9.69. The molecular formula is C12H17N3O2. The molecule has 3 N–H and O–H groups in total. The van der Waals surface area contributed by atoms with Crippen molar-refractivity contribution < 1.29 is 9.47 Å². The van der Waals surface area contributed by atoms with Gasteiger partial charge in [0.25, 0.3) is 0 Å². The maximum Gasteiger partial charge on any atom is 0.224 e. The van der Waals surface area contributed by atoms with Crippen molar-refractivity contribution in [2.75, 3.05) is 19.8 Å². The summed E-state index contributed by atoms with van der Waals surface area (Å²) in [5, 5.41) is 7.44. The Bertz CT molecular complexity index is 389. The molecule has 17 heavy (non-hydrogen) atoms. The zero-order chi connectivity index (χ0) is 12.1. The fraction of sp³-hybridized carbons (Fsp3) is 0.500. The van der Waals surface area contributed by atoms with E-state index in [0.29, 0.717) is 24.0 Å². The van der Waals surface area contributed by atoms with Crippen LogP contribution in [0.5, 0.6) is 5.88 Å². The molecule has 92 valence electrons. The van der Waals surface area contributed by atoms with Gasteiger partial charge in [0, 0.05) is 19.4 Å². The molecule has 5 heteroatoms. The molecule has 1 saturated heterocycles. The molecule has 0 radical (unpaired) electrons. The summed E-state index contributed by atoms with van der Waals surface area (Å²) < 4.78 is 10.9. The minimum absolute atomic E-state index is 0.0138. The molecule has 2 rings (SSSR count). The van der Waals surface area contributed by atoms with Gasteiger partial charge in [-0.25, -0.2) is 4.98 Å². The van der Waals surface area contributed by atoms with Crippen molar-refractivity contribution >= 4 is 5.84 Å². The zero-order valence-electron chi connectivity index (χ0n) is 9.69. The van der Waals surface area contributed by atoms with E-state index in [1.807, 2.05) is 0 Å². The summed E-state index contributed by atoms with van der Waals surface area (Å²) in [5.41, 5.74) is 6.02. The number of nitrogen functional groups attached to an aromatic ring is 1. The molecule has 1 aromatic heterocycles. The highest BCUT2D eigenvalue weighted by atomic mass is 16.5. The average molecular weight is 235 g/mol. The molecule has 0 aromatic carbocycles. The standard InChI is InChI=1S/C12H17N3O2/c13-11(14)10-2-1-5-15-12(10)17-8-9-3-6-16-7-4-9/h1-2,5,9H,3-4,6-8H2,(H3,13,14). The van der Waals surface area contributed by atoms with Crippen LogP contribution in [-0.2, 0) is 4.74 Å². The Morgan fingerprint density at radius 2 is 2.29 bits per heavy atom. The summed E-state index contributed by atoms with van der Waals surface area (Å²) in [5.74, 6) is 0.942. The van der Waals surface area contributed by atoms with Crippen LogP contribution in [0.3, 0.4) is 0 Å². The number of hydrogen-bond acceptors (Lipinski definition) is 4. The highest BCUT2D eigenvalue weighted by Gasteiger charge is 2.16. The van der Waals surface area contributed by atoms with E-state index in [4.69, 9.17) is 20.6 Å². The SMILES string of the molecule is N=C(N)c1cccnc1OCC1CCOCC1. The molecule has 1 aromatic rings. The van der Waals surface area contributed by atoms with E-state index in [0.717, 1.165) is 26.1 Å². The Balaban J connectivity index is 1.96. The highest BCUT2D eigenvalue weighted by Crippen LogP contribution is 2.18. The van der Waals surface area contributed by atoms with Gasteiger partial charge in [-0.2, -0.15) is 0 Å². The number of nitrogens with one attached hydrogen (secondary N) is 1. The van der Waals surface area contributed by atoms with E-state index >= 15 is 0 Å². The van der Waals surface area contributed by atoms with Crippen molar-refractivity contribution in [1.82, 2.24) is 4.98 Å². The van der Waals surface area contributed by atoms with Gasteiger partial charge >= 0.3 is 0 Å². The predicted octanol–water partition coefficient (Wildman–Crippen LogP) is 1.17. The van der Waals surface area contributed by atoms with Crippen LogP contribution in [0.15, 0.2) is 18.3 Å². The average Bonchev–Trinajstić information content (AvgIpc) is 2.38. The Hall–Kier alpha value is -1.62. The molecule has 0 bridgehead atoms. The second kappa shape index (κ2) is 5.63. The van der Waals surface area contributed by atoms with Gasteiger partial charge in [-0.05, 0) is 30.9 Å². The van der Waals surface area contributed by atoms with Gasteiger partial charge in [-0.15, -0.1) is 0 Å². The first-order valence-electron chi connectivity index (χ1n) is 5.77. The van der Waals surface area contributed by atoms with Gasteiger partial charge in [0.15, 0.2) is 0 Å². The number of aromatic nitrogens is 1. The number of ether oxygens (including phenoxy) is 2. The van der Waals surface area contributed by atoms with Crippen molar-refractivity contribution in [2.24, 2.45) is 11.7 Å².